The number of carboxylic acids is 1. The lowest BCUT2D eigenvalue weighted by Crippen LogP contribution is -2.42. The normalized spacial score (nSPS) is 21.9. The molecule has 0 aliphatic carbocycles. The Morgan fingerprint density at radius 3 is 2.72 bits per heavy atom. The molecule has 1 aromatic carbocycles. The smallest absolute Gasteiger partial charge is 0.333 e. The summed E-state index contributed by atoms with van der Waals surface area (Å²) >= 11 is 0. The molecule has 10 nitrogen and oxygen atoms in total. The molecule has 4 atom stereocenters. The Hall–Kier alpha value is -2.24. The van der Waals surface area contributed by atoms with Crippen LogP contribution in [0.15, 0.2) is 18.2 Å². The minimum Gasteiger partial charge on any atom is -0.479 e. The molecule has 0 saturated carbocycles. The number of aliphatic carboxylic acids is 1. The standard InChI is InChI=1S/C22H34N2O8/c1-14(30-13-24(2)3)7-8-23-21(26)17-9-15(12-29-4)5-6-18(17)31-20-11-16(25)10-19(32-20)22(27)28/h5-6,9,14,16,19-20,25H,7-8,10-13H2,1-4H3,(H,23,26)(H,27,28). The van der Waals surface area contributed by atoms with Crippen molar-refractivity contribution in [2.75, 3.05) is 34.5 Å². The summed E-state index contributed by atoms with van der Waals surface area (Å²) in [6.07, 6.45) is -2.33. The second kappa shape index (κ2) is 12.7. The second-order valence-corrected chi connectivity index (χ2v) is 8.13. The fourth-order valence-corrected chi connectivity index (χ4v) is 3.19. The van der Waals surface area contributed by atoms with Crippen molar-refractivity contribution < 1.29 is 38.7 Å². The highest BCUT2D eigenvalue weighted by Gasteiger charge is 2.34. The van der Waals surface area contributed by atoms with Crippen LogP contribution in [0.2, 0.25) is 0 Å². The number of amides is 1. The molecule has 3 N–H and O–H groups in total. The lowest BCUT2D eigenvalue weighted by atomic mass is 10.0. The summed E-state index contributed by atoms with van der Waals surface area (Å²) in [5, 5.41) is 22.1. The molecule has 32 heavy (non-hydrogen) atoms. The number of aliphatic hydroxyl groups excluding tert-OH is 1. The minimum atomic E-state index is -1.17. The Morgan fingerprint density at radius 1 is 1.31 bits per heavy atom. The number of nitrogens with one attached hydrogen (secondary N) is 1. The van der Waals surface area contributed by atoms with Gasteiger partial charge in [-0.05, 0) is 45.1 Å². The van der Waals surface area contributed by atoms with E-state index >= 15 is 0 Å². The quantitative estimate of drug-likeness (QED) is 0.399. The van der Waals surface area contributed by atoms with E-state index in [2.05, 4.69) is 5.32 Å². The van der Waals surface area contributed by atoms with Gasteiger partial charge in [-0.25, -0.2) is 4.79 Å². The lowest BCUT2D eigenvalue weighted by Gasteiger charge is -2.31. The van der Waals surface area contributed by atoms with Crippen molar-refractivity contribution in [1.29, 1.82) is 0 Å². The molecule has 10 heteroatoms. The molecule has 1 aromatic rings. The van der Waals surface area contributed by atoms with E-state index in [0.29, 0.717) is 26.3 Å². The zero-order valence-corrected chi connectivity index (χ0v) is 19.1. The van der Waals surface area contributed by atoms with Gasteiger partial charge < -0.3 is 34.5 Å². The fourth-order valence-electron chi connectivity index (χ4n) is 3.19. The molecule has 1 heterocycles. The molecule has 0 aromatic heterocycles. The number of hydrogen-bond donors (Lipinski definition) is 3. The van der Waals surface area contributed by atoms with E-state index in [1.54, 1.807) is 25.3 Å². The monoisotopic (exact) mass is 454 g/mol. The third kappa shape index (κ3) is 8.36. The van der Waals surface area contributed by atoms with E-state index < -0.39 is 24.5 Å². The van der Waals surface area contributed by atoms with Crippen LogP contribution in [0, 0.1) is 0 Å². The average molecular weight is 455 g/mol. The van der Waals surface area contributed by atoms with E-state index in [9.17, 15) is 19.8 Å². The Bertz CT molecular complexity index is 757. The number of benzene rings is 1. The number of hydrogen-bond acceptors (Lipinski definition) is 8. The van der Waals surface area contributed by atoms with Crippen LogP contribution in [0.5, 0.6) is 5.75 Å². The third-order valence-electron chi connectivity index (χ3n) is 4.85. The van der Waals surface area contributed by atoms with E-state index in [-0.39, 0.29) is 36.2 Å². The van der Waals surface area contributed by atoms with Crippen LogP contribution in [0.25, 0.3) is 0 Å². The molecule has 1 fully saturated rings. The fraction of sp³-hybridized carbons (Fsp3) is 0.636. The Kier molecular flexibility index (Phi) is 10.3. The molecule has 0 spiro atoms. The van der Waals surface area contributed by atoms with Crippen LogP contribution in [-0.4, -0.2) is 86.1 Å². The first-order valence-electron chi connectivity index (χ1n) is 10.6. The maximum atomic E-state index is 12.9. The minimum absolute atomic E-state index is 0.0105. The third-order valence-corrected chi connectivity index (χ3v) is 4.85. The maximum absolute atomic E-state index is 12.9. The second-order valence-electron chi connectivity index (χ2n) is 8.13. The van der Waals surface area contributed by atoms with Crippen molar-refractivity contribution >= 4 is 11.9 Å². The van der Waals surface area contributed by atoms with Gasteiger partial charge >= 0.3 is 5.97 Å². The van der Waals surface area contributed by atoms with Crippen LogP contribution in [0.1, 0.15) is 42.1 Å². The molecule has 1 saturated heterocycles. The van der Waals surface area contributed by atoms with Gasteiger partial charge in [0.25, 0.3) is 5.91 Å². The first-order chi connectivity index (χ1) is 15.2. The van der Waals surface area contributed by atoms with Crippen LogP contribution >= 0.6 is 0 Å². The number of carbonyl (C=O) groups is 2. The van der Waals surface area contributed by atoms with Crippen molar-refractivity contribution in [3.05, 3.63) is 29.3 Å². The van der Waals surface area contributed by atoms with Crippen LogP contribution in [0.4, 0.5) is 0 Å². The number of carbonyl (C=O) groups excluding carboxylic acids is 1. The van der Waals surface area contributed by atoms with Gasteiger partial charge in [-0.2, -0.15) is 0 Å². The van der Waals surface area contributed by atoms with Gasteiger partial charge in [0.1, 0.15) is 5.75 Å². The summed E-state index contributed by atoms with van der Waals surface area (Å²) in [6, 6.07) is 5.03. The summed E-state index contributed by atoms with van der Waals surface area (Å²) in [7, 11) is 5.38. The summed E-state index contributed by atoms with van der Waals surface area (Å²) < 4.78 is 22.0. The molecule has 2 rings (SSSR count). The van der Waals surface area contributed by atoms with Gasteiger partial charge in [0.15, 0.2) is 6.10 Å². The molecule has 0 bridgehead atoms. The molecule has 1 aliphatic heterocycles. The highest BCUT2D eigenvalue weighted by atomic mass is 16.7. The molecule has 0 radical (unpaired) electrons. The molecule has 4 unspecified atom stereocenters. The highest BCUT2D eigenvalue weighted by molar-refractivity contribution is 5.97. The van der Waals surface area contributed by atoms with Gasteiger partial charge in [0.05, 0.1) is 31.1 Å². The summed E-state index contributed by atoms with van der Waals surface area (Å²) in [5.74, 6) is -1.28. The number of carboxylic acid groups (broad SMARTS) is 1. The predicted octanol–water partition coefficient (Wildman–Crippen LogP) is 1.21. The van der Waals surface area contributed by atoms with E-state index in [0.717, 1.165) is 5.56 Å². The number of methoxy groups -OCH3 is 1. The van der Waals surface area contributed by atoms with E-state index in [1.807, 2.05) is 25.9 Å². The van der Waals surface area contributed by atoms with Crippen LogP contribution in [-0.2, 0) is 25.6 Å². The van der Waals surface area contributed by atoms with Crippen LogP contribution < -0.4 is 10.1 Å². The largest absolute Gasteiger partial charge is 0.479 e. The topological polar surface area (TPSA) is 127 Å². The zero-order valence-electron chi connectivity index (χ0n) is 19.1. The number of aliphatic hydroxyl groups is 1. The molecular formula is C22H34N2O8. The van der Waals surface area contributed by atoms with Gasteiger partial charge in [-0.3, -0.25) is 9.69 Å². The number of rotatable bonds is 12. The van der Waals surface area contributed by atoms with Gasteiger partial charge in [0.2, 0.25) is 6.29 Å². The van der Waals surface area contributed by atoms with Gasteiger partial charge in [0, 0.05) is 26.5 Å². The summed E-state index contributed by atoms with van der Waals surface area (Å²) in [4.78, 5) is 26.1. The van der Waals surface area contributed by atoms with Gasteiger partial charge in [-0.1, -0.05) is 6.07 Å². The van der Waals surface area contributed by atoms with Crippen molar-refractivity contribution in [3.63, 3.8) is 0 Å². The van der Waals surface area contributed by atoms with Crippen molar-refractivity contribution in [2.24, 2.45) is 0 Å². The van der Waals surface area contributed by atoms with Crippen molar-refractivity contribution in [1.82, 2.24) is 10.2 Å². The summed E-state index contributed by atoms with van der Waals surface area (Å²) in [5.41, 5.74) is 1.05. The average Bonchev–Trinajstić information content (AvgIpc) is 2.73. The molecular weight excluding hydrogens is 420 g/mol. The van der Waals surface area contributed by atoms with Crippen molar-refractivity contribution in [2.45, 2.75) is 57.4 Å². The Morgan fingerprint density at radius 2 is 2.06 bits per heavy atom. The Balaban J connectivity index is 2.06. The molecule has 1 amide bonds. The number of ether oxygens (including phenoxy) is 4. The van der Waals surface area contributed by atoms with Crippen LogP contribution in [0.3, 0.4) is 0 Å². The molecule has 180 valence electrons. The number of nitrogens with zero attached hydrogens (tertiary/aromatic N) is 1. The zero-order chi connectivity index (χ0) is 23.7. The SMILES string of the molecule is COCc1ccc(OC2CC(O)CC(C(=O)O)O2)c(C(=O)NCCC(C)OCN(C)C)c1. The first kappa shape index (κ1) is 26.0. The Labute approximate surface area is 188 Å². The first-order valence-corrected chi connectivity index (χ1v) is 10.6. The lowest BCUT2D eigenvalue weighted by molar-refractivity contribution is -0.195. The van der Waals surface area contributed by atoms with Crippen molar-refractivity contribution in [3.8, 4) is 5.75 Å². The summed E-state index contributed by atoms with van der Waals surface area (Å²) in [6.45, 7) is 3.15. The molecule has 1 aliphatic rings. The van der Waals surface area contributed by atoms with E-state index in [4.69, 9.17) is 18.9 Å². The highest BCUT2D eigenvalue weighted by Crippen LogP contribution is 2.27. The van der Waals surface area contributed by atoms with Gasteiger partial charge in [-0.15, -0.1) is 0 Å². The maximum Gasteiger partial charge on any atom is 0.333 e. The van der Waals surface area contributed by atoms with E-state index in [1.165, 1.54) is 0 Å². The predicted molar refractivity (Wildman–Crippen MR) is 115 cm³/mol.